The average molecular weight is 251 g/mol. The zero-order valence-corrected chi connectivity index (χ0v) is 10.5. The fraction of sp³-hybridized carbons (Fsp3) is 0.333. The second kappa shape index (κ2) is 4.71. The van der Waals surface area contributed by atoms with Crippen molar-refractivity contribution < 1.29 is 14.6 Å². The van der Waals surface area contributed by atoms with Crippen LogP contribution in [-0.4, -0.2) is 22.7 Å². The van der Waals surface area contributed by atoms with E-state index >= 15 is 0 Å². The Hall–Kier alpha value is -1.62. The first-order valence-corrected chi connectivity index (χ1v) is 6.13. The Morgan fingerprint density at radius 2 is 2.29 bits per heavy atom. The standard InChI is InChI=1S/C12H13NO3S/c1-7(2)12-13-11-8(16-6-10(14)15)4-3-5-9(11)17-12/h3-5,7H,6H2,1-2H3,(H,14,15). The molecule has 0 amide bonds. The highest BCUT2D eigenvalue weighted by molar-refractivity contribution is 7.18. The molecule has 0 atom stereocenters. The molecule has 0 aliphatic heterocycles. The summed E-state index contributed by atoms with van der Waals surface area (Å²) in [5.74, 6) is -0.0888. The van der Waals surface area contributed by atoms with Crippen LogP contribution in [-0.2, 0) is 4.79 Å². The lowest BCUT2D eigenvalue weighted by molar-refractivity contribution is -0.139. The predicted molar refractivity (Wildman–Crippen MR) is 66.8 cm³/mol. The van der Waals surface area contributed by atoms with Gasteiger partial charge in [-0.15, -0.1) is 11.3 Å². The zero-order chi connectivity index (χ0) is 12.4. The molecule has 17 heavy (non-hydrogen) atoms. The van der Waals surface area contributed by atoms with Gasteiger partial charge in [-0.3, -0.25) is 0 Å². The molecule has 2 rings (SSSR count). The number of ether oxygens (including phenoxy) is 1. The molecule has 4 nitrogen and oxygen atoms in total. The van der Waals surface area contributed by atoms with Gasteiger partial charge in [-0.05, 0) is 12.1 Å². The quantitative estimate of drug-likeness (QED) is 0.907. The molecule has 0 saturated carbocycles. The number of para-hydroxylation sites is 1. The number of aromatic nitrogens is 1. The van der Waals surface area contributed by atoms with Gasteiger partial charge in [0.25, 0.3) is 0 Å². The van der Waals surface area contributed by atoms with Crippen molar-refractivity contribution >= 4 is 27.5 Å². The van der Waals surface area contributed by atoms with Crippen LogP contribution in [0.4, 0.5) is 0 Å². The van der Waals surface area contributed by atoms with E-state index in [0.29, 0.717) is 11.7 Å². The minimum absolute atomic E-state index is 0.340. The van der Waals surface area contributed by atoms with Crippen LogP contribution in [0.25, 0.3) is 10.2 Å². The number of carboxylic acid groups (broad SMARTS) is 1. The van der Waals surface area contributed by atoms with Crippen LogP contribution in [0.5, 0.6) is 5.75 Å². The largest absolute Gasteiger partial charge is 0.480 e. The van der Waals surface area contributed by atoms with Crippen molar-refractivity contribution in [3.8, 4) is 5.75 Å². The molecule has 5 heteroatoms. The minimum atomic E-state index is -0.985. The topological polar surface area (TPSA) is 59.4 Å². The first-order chi connectivity index (χ1) is 8.08. The van der Waals surface area contributed by atoms with E-state index in [1.807, 2.05) is 12.1 Å². The number of fused-ring (bicyclic) bond motifs is 1. The van der Waals surface area contributed by atoms with Gasteiger partial charge in [0.1, 0.15) is 11.3 Å². The van der Waals surface area contributed by atoms with Crippen LogP contribution >= 0.6 is 11.3 Å². The summed E-state index contributed by atoms with van der Waals surface area (Å²) < 4.78 is 6.24. The number of carbonyl (C=O) groups is 1. The van der Waals surface area contributed by atoms with Crippen molar-refractivity contribution in [2.45, 2.75) is 19.8 Å². The lowest BCUT2D eigenvalue weighted by atomic mass is 10.2. The molecule has 1 aromatic heterocycles. The second-order valence-electron chi connectivity index (χ2n) is 3.99. The monoisotopic (exact) mass is 251 g/mol. The number of benzene rings is 1. The van der Waals surface area contributed by atoms with Crippen LogP contribution in [0, 0.1) is 0 Å². The maximum Gasteiger partial charge on any atom is 0.341 e. The predicted octanol–water partition coefficient (Wildman–Crippen LogP) is 2.88. The third-order valence-electron chi connectivity index (χ3n) is 2.24. The van der Waals surface area contributed by atoms with Crippen molar-refractivity contribution in [3.05, 3.63) is 23.2 Å². The van der Waals surface area contributed by atoms with E-state index in [1.54, 1.807) is 17.4 Å². The number of thiazole rings is 1. The number of hydrogen-bond acceptors (Lipinski definition) is 4. The van der Waals surface area contributed by atoms with E-state index in [9.17, 15) is 4.79 Å². The molecular weight excluding hydrogens is 238 g/mol. The van der Waals surface area contributed by atoms with Gasteiger partial charge in [0, 0.05) is 5.92 Å². The molecule has 0 radical (unpaired) electrons. The Morgan fingerprint density at radius 3 is 2.94 bits per heavy atom. The van der Waals surface area contributed by atoms with E-state index in [2.05, 4.69) is 18.8 Å². The number of carboxylic acids is 1. The SMILES string of the molecule is CC(C)c1nc2c(OCC(=O)O)cccc2s1. The third-order valence-corrected chi connectivity index (χ3v) is 3.56. The van der Waals surface area contributed by atoms with Crippen LogP contribution in [0.3, 0.4) is 0 Å². The molecule has 0 unspecified atom stereocenters. The summed E-state index contributed by atoms with van der Waals surface area (Å²) in [6.45, 7) is 3.82. The number of nitrogens with zero attached hydrogens (tertiary/aromatic N) is 1. The molecule has 0 spiro atoms. The number of rotatable bonds is 4. The maximum absolute atomic E-state index is 10.5. The summed E-state index contributed by atoms with van der Waals surface area (Å²) in [5, 5.41) is 9.63. The second-order valence-corrected chi connectivity index (χ2v) is 5.05. The van der Waals surface area contributed by atoms with Crippen LogP contribution < -0.4 is 4.74 Å². The smallest absolute Gasteiger partial charge is 0.341 e. The van der Waals surface area contributed by atoms with Gasteiger partial charge in [0.2, 0.25) is 0 Å². The van der Waals surface area contributed by atoms with Gasteiger partial charge < -0.3 is 9.84 Å². The van der Waals surface area contributed by atoms with Crippen LogP contribution in [0.1, 0.15) is 24.8 Å². The summed E-state index contributed by atoms with van der Waals surface area (Å²) in [4.78, 5) is 15.0. The van der Waals surface area contributed by atoms with Crippen molar-refractivity contribution in [2.75, 3.05) is 6.61 Å². The molecule has 1 aromatic carbocycles. The van der Waals surface area contributed by atoms with Crippen molar-refractivity contribution in [1.82, 2.24) is 4.98 Å². The Kier molecular flexibility index (Phi) is 3.28. The highest BCUT2D eigenvalue weighted by atomic mass is 32.1. The highest BCUT2D eigenvalue weighted by Gasteiger charge is 2.11. The summed E-state index contributed by atoms with van der Waals surface area (Å²) in [5.41, 5.74) is 0.752. The van der Waals surface area contributed by atoms with E-state index in [4.69, 9.17) is 9.84 Å². The first kappa shape index (κ1) is 11.9. The molecule has 90 valence electrons. The van der Waals surface area contributed by atoms with Gasteiger partial charge in [0.15, 0.2) is 6.61 Å². The van der Waals surface area contributed by atoms with E-state index < -0.39 is 5.97 Å². The summed E-state index contributed by atoms with van der Waals surface area (Å²) in [6.07, 6.45) is 0. The third kappa shape index (κ3) is 2.55. The number of aliphatic carboxylic acids is 1. The van der Waals surface area contributed by atoms with Gasteiger partial charge in [-0.1, -0.05) is 19.9 Å². The van der Waals surface area contributed by atoms with E-state index in [0.717, 1.165) is 15.2 Å². The van der Waals surface area contributed by atoms with Crippen molar-refractivity contribution in [3.63, 3.8) is 0 Å². The zero-order valence-electron chi connectivity index (χ0n) is 9.64. The Labute approximate surface area is 103 Å². The lowest BCUT2D eigenvalue weighted by Crippen LogP contribution is -2.09. The normalized spacial score (nSPS) is 11.0. The fourth-order valence-electron chi connectivity index (χ4n) is 1.44. The molecule has 0 aliphatic rings. The van der Waals surface area contributed by atoms with Crippen molar-refractivity contribution in [2.24, 2.45) is 0 Å². The van der Waals surface area contributed by atoms with Crippen LogP contribution in [0.15, 0.2) is 18.2 Å². The Morgan fingerprint density at radius 1 is 1.53 bits per heavy atom. The minimum Gasteiger partial charge on any atom is -0.480 e. The van der Waals surface area contributed by atoms with Gasteiger partial charge in [-0.2, -0.15) is 0 Å². The van der Waals surface area contributed by atoms with Gasteiger partial charge >= 0.3 is 5.97 Å². The summed E-state index contributed by atoms with van der Waals surface area (Å²) in [6, 6.07) is 5.56. The summed E-state index contributed by atoms with van der Waals surface area (Å²) >= 11 is 1.62. The van der Waals surface area contributed by atoms with Gasteiger partial charge in [-0.25, -0.2) is 9.78 Å². The molecule has 1 N–H and O–H groups in total. The lowest BCUT2D eigenvalue weighted by Gasteiger charge is -2.02. The van der Waals surface area contributed by atoms with Crippen LogP contribution in [0.2, 0.25) is 0 Å². The molecule has 0 fully saturated rings. The molecule has 0 bridgehead atoms. The van der Waals surface area contributed by atoms with E-state index in [1.165, 1.54) is 0 Å². The van der Waals surface area contributed by atoms with E-state index in [-0.39, 0.29) is 6.61 Å². The Balaban J connectivity index is 2.38. The van der Waals surface area contributed by atoms with Crippen molar-refractivity contribution in [1.29, 1.82) is 0 Å². The first-order valence-electron chi connectivity index (χ1n) is 5.32. The van der Waals surface area contributed by atoms with Gasteiger partial charge in [0.05, 0.1) is 9.71 Å². The molecule has 2 aromatic rings. The maximum atomic E-state index is 10.5. The fourth-order valence-corrected chi connectivity index (χ4v) is 2.43. The summed E-state index contributed by atoms with van der Waals surface area (Å²) in [7, 11) is 0. The molecule has 0 aliphatic carbocycles. The average Bonchev–Trinajstić information content (AvgIpc) is 2.70. The highest BCUT2D eigenvalue weighted by Crippen LogP contribution is 2.32. The molecular formula is C12H13NO3S. The molecule has 1 heterocycles. The number of hydrogen-bond donors (Lipinski definition) is 1. The Bertz CT molecular complexity index is 548. The molecule has 0 saturated heterocycles.